The van der Waals surface area contributed by atoms with E-state index in [-0.39, 0.29) is 0 Å². The van der Waals surface area contributed by atoms with Crippen LogP contribution in [0.5, 0.6) is 0 Å². The predicted octanol–water partition coefficient (Wildman–Crippen LogP) is 4.22. The molecule has 2 fully saturated rings. The lowest BCUT2D eigenvalue weighted by molar-refractivity contribution is 0.442. The molecule has 0 amide bonds. The molecule has 1 aromatic heterocycles. The summed E-state index contributed by atoms with van der Waals surface area (Å²) in [6.07, 6.45) is 7.73. The van der Waals surface area contributed by atoms with Crippen LogP contribution in [-0.2, 0) is 0 Å². The zero-order valence-corrected chi connectivity index (χ0v) is 14.0. The van der Waals surface area contributed by atoms with E-state index < -0.39 is 0 Å². The number of fused-ring (bicyclic) bond motifs is 1. The molecule has 1 unspecified atom stereocenters. The molecular formula is C19H26N4. The lowest BCUT2D eigenvalue weighted by atomic mass is 10.0. The summed E-state index contributed by atoms with van der Waals surface area (Å²) in [6.45, 7) is 4.47. The molecule has 1 aliphatic carbocycles. The van der Waals surface area contributed by atoms with E-state index >= 15 is 0 Å². The van der Waals surface area contributed by atoms with Crippen molar-refractivity contribution in [2.75, 3.05) is 23.3 Å². The monoisotopic (exact) mass is 310 g/mol. The van der Waals surface area contributed by atoms with Gasteiger partial charge in [-0.25, -0.2) is 4.98 Å². The topological polar surface area (TPSA) is 41.1 Å². The van der Waals surface area contributed by atoms with Crippen LogP contribution >= 0.6 is 0 Å². The molecule has 1 aliphatic heterocycles. The Morgan fingerprint density at radius 3 is 2.70 bits per heavy atom. The van der Waals surface area contributed by atoms with E-state index in [4.69, 9.17) is 9.97 Å². The Morgan fingerprint density at radius 2 is 1.87 bits per heavy atom. The van der Waals surface area contributed by atoms with Gasteiger partial charge in [-0.3, -0.25) is 0 Å². The Morgan fingerprint density at radius 1 is 1.04 bits per heavy atom. The number of nitrogens with one attached hydrogen (secondary N) is 1. The lowest BCUT2D eigenvalue weighted by Gasteiger charge is -2.31. The summed E-state index contributed by atoms with van der Waals surface area (Å²) in [7, 11) is 0. The third-order valence-corrected chi connectivity index (χ3v) is 5.23. The Hall–Kier alpha value is -1.84. The zero-order valence-electron chi connectivity index (χ0n) is 14.0. The summed E-state index contributed by atoms with van der Waals surface area (Å²) < 4.78 is 0. The van der Waals surface area contributed by atoms with Gasteiger partial charge in [0.1, 0.15) is 5.82 Å². The van der Waals surface area contributed by atoms with Gasteiger partial charge in [-0.15, -0.1) is 0 Å². The fraction of sp³-hybridized carbons (Fsp3) is 0.579. The summed E-state index contributed by atoms with van der Waals surface area (Å²) >= 11 is 0. The summed E-state index contributed by atoms with van der Waals surface area (Å²) in [6, 6.07) is 8.95. The second kappa shape index (κ2) is 6.34. The zero-order chi connectivity index (χ0) is 15.6. The summed E-state index contributed by atoms with van der Waals surface area (Å²) in [5, 5.41) is 4.84. The minimum absolute atomic E-state index is 0.571. The van der Waals surface area contributed by atoms with Crippen LogP contribution in [-0.4, -0.2) is 29.1 Å². The van der Waals surface area contributed by atoms with E-state index in [1.54, 1.807) is 0 Å². The van der Waals surface area contributed by atoms with E-state index in [1.807, 2.05) is 0 Å². The number of hydrogen-bond acceptors (Lipinski definition) is 4. The summed E-state index contributed by atoms with van der Waals surface area (Å²) in [5.41, 5.74) is 1.05. The predicted molar refractivity (Wildman–Crippen MR) is 96.0 cm³/mol. The molecule has 4 rings (SSSR count). The number of anilines is 2. The minimum atomic E-state index is 0.571. The molecule has 2 heterocycles. The molecule has 1 aromatic carbocycles. The average molecular weight is 310 g/mol. The molecule has 1 saturated carbocycles. The maximum atomic E-state index is 4.93. The molecule has 1 N–H and O–H groups in total. The van der Waals surface area contributed by atoms with Crippen LogP contribution in [0.3, 0.4) is 0 Å². The van der Waals surface area contributed by atoms with Crippen LogP contribution < -0.4 is 10.2 Å². The van der Waals surface area contributed by atoms with Gasteiger partial charge in [0.25, 0.3) is 0 Å². The number of aromatic nitrogens is 2. The first-order chi connectivity index (χ1) is 11.3. The standard InChI is InChI=1S/C19H26N4/c1-14-7-6-12-23(13-14)19-21-17-11-5-4-10-16(17)18(22-19)20-15-8-2-3-9-15/h4-5,10-11,14-15H,2-3,6-9,12-13H2,1H3,(H,20,21,22). The highest BCUT2D eigenvalue weighted by atomic mass is 15.3. The van der Waals surface area contributed by atoms with Gasteiger partial charge in [0, 0.05) is 24.5 Å². The molecule has 0 spiro atoms. The molecule has 4 nitrogen and oxygen atoms in total. The smallest absolute Gasteiger partial charge is 0.227 e. The quantitative estimate of drug-likeness (QED) is 0.921. The Labute approximate surface area is 138 Å². The van der Waals surface area contributed by atoms with Gasteiger partial charge in [0.15, 0.2) is 0 Å². The second-order valence-electron chi connectivity index (χ2n) is 7.21. The molecule has 23 heavy (non-hydrogen) atoms. The van der Waals surface area contributed by atoms with Crippen molar-refractivity contribution in [1.29, 1.82) is 0 Å². The van der Waals surface area contributed by atoms with Crippen molar-refractivity contribution in [3.63, 3.8) is 0 Å². The fourth-order valence-corrected chi connectivity index (χ4v) is 3.95. The van der Waals surface area contributed by atoms with Crippen molar-refractivity contribution < 1.29 is 0 Å². The minimum Gasteiger partial charge on any atom is -0.367 e. The van der Waals surface area contributed by atoms with Gasteiger partial charge < -0.3 is 10.2 Å². The number of hydrogen-bond donors (Lipinski definition) is 1. The van der Waals surface area contributed by atoms with Gasteiger partial charge >= 0.3 is 0 Å². The van der Waals surface area contributed by atoms with E-state index in [0.717, 1.165) is 41.7 Å². The van der Waals surface area contributed by atoms with Crippen molar-refractivity contribution in [1.82, 2.24) is 9.97 Å². The van der Waals surface area contributed by atoms with Gasteiger partial charge in [-0.1, -0.05) is 31.9 Å². The van der Waals surface area contributed by atoms with Crippen LogP contribution in [0.4, 0.5) is 11.8 Å². The van der Waals surface area contributed by atoms with Crippen LogP contribution in [0.25, 0.3) is 10.9 Å². The molecular weight excluding hydrogens is 284 g/mol. The van der Waals surface area contributed by atoms with Gasteiger partial charge in [-0.2, -0.15) is 4.98 Å². The first-order valence-electron chi connectivity index (χ1n) is 9.08. The van der Waals surface area contributed by atoms with Crippen molar-refractivity contribution in [3.8, 4) is 0 Å². The molecule has 1 saturated heterocycles. The highest BCUT2D eigenvalue weighted by Crippen LogP contribution is 2.29. The number of para-hydroxylation sites is 1. The first kappa shape index (κ1) is 14.7. The Bertz CT molecular complexity index is 678. The maximum Gasteiger partial charge on any atom is 0.227 e. The molecule has 122 valence electrons. The molecule has 2 aliphatic rings. The van der Waals surface area contributed by atoms with Gasteiger partial charge in [-0.05, 0) is 43.7 Å². The van der Waals surface area contributed by atoms with E-state index in [9.17, 15) is 0 Å². The first-order valence-corrected chi connectivity index (χ1v) is 9.08. The Kier molecular flexibility index (Phi) is 4.06. The van der Waals surface area contributed by atoms with Crippen molar-refractivity contribution in [2.45, 2.75) is 51.5 Å². The lowest BCUT2D eigenvalue weighted by Crippen LogP contribution is -2.35. The summed E-state index contributed by atoms with van der Waals surface area (Å²) in [4.78, 5) is 12.1. The van der Waals surface area contributed by atoms with Crippen LogP contribution in [0, 0.1) is 5.92 Å². The number of nitrogens with zero attached hydrogens (tertiary/aromatic N) is 3. The molecule has 2 aromatic rings. The normalized spacial score (nSPS) is 22.7. The largest absolute Gasteiger partial charge is 0.367 e. The van der Waals surface area contributed by atoms with E-state index in [1.165, 1.54) is 38.5 Å². The molecule has 1 atom stereocenters. The van der Waals surface area contributed by atoms with Crippen LogP contribution in [0.1, 0.15) is 45.4 Å². The van der Waals surface area contributed by atoms with Gasteiger partial charge in [0.2, 0.25) is 5.95 Å². The third kappa shape index (κ3) is 3.12. The summed E-state index contributed by atoms with van der Waals surface area (Å²) in [5.74, 6) is 2.65. The maximum absolute atomic E-state index is 4.93. The number of benzene rings is 1. The molecule has 0 radical (unpaired) electrons. The van der Waals surface area contributed by atoms with E-state index in [0.29, 0.717) is 6.04 Å². The third-order valence-electron chi connectivity index (χ3n) is 5.23. The SMILES string of the molecule is CC1CCCN(c2nc(NC3CCCC3)c3ccccc3n2)C1. The Balaban J connectivity index is 1.70. The van der Waals surface area contributed by atoms with Crippen molar-refractivity contribution in [2.24, 2.45) is 5.92 Å². The van der Waals surface area contributed by atoms with E-state index in [2.05, 4.69) is 41.4 Å². The molecule has 4 heteroatoms. The number of piperidine rings is 1. The van der Waals surface area contributed by atoms with Crippen LogP contribution in [0.2, 0.25) is 0 Å². The van der Waals surface area contributed by atoms with Crippen molar-refractivity contribution in [3.05, 3.63) is 24.3 Å². The van der Waals surface area contributed by atoms with Crippen molar-refractivity contribution >= 4 is 22.7 Å². The average Bonchev–Trinajstić information content (AvgIpc) is 3.08. The number of rotatable bonds is 3. The second-order valence-corrected chi connectivity index (χ2v) is 7.21. The fourth-order valence-electron chi connectivity index (χ4n) is 3.95. The van der Waals surface area contributed by atoms with Crippen LogP contribution in [0.15, 0.2) is 24.3 Å². The highest BCUT2D eigenvalue weighted by Gasteiger charge is 2.21. The highest BCUT2D eigenvalue weighted by molar-refractivity contribution is 5.90. The van der Waals surface area contributed by atoms with Gasteiger partial charge in [0.05, 0.1) is 5.52 Å². The molecule has 0 bridgehead atoms.